The molecule has 3 amide bonds. The monoisotopic (exact) mass is 517 g/mol. The van der Waals surface area contributed by atoms with E-state index in [1.165, 1.54) is 4.90 Å². The van der Waals surface area contributed by atoms with E-state index in [1.54, 1.807) is 65.0 Å². The molecule has 9 heteroatoms. The Kier molecular flexibility index (Phi) is 7.10. The van der Waals surface area contributed by atoms with Crippen LogP contribution in [0.25, 0.3) is 0 Å². The molecule has 0 aromatic heterocycles. The second kappa shape index (κ2) is 9.64. The molecule has 3 saturated heterocycles. The summed E-state index contributed by atoms with van der Waals surface area (Å²) < 4.78 is -1.21. The van der Waals surface area contributed by atoms with Crippen LogP contribution in [0, 0.1) is 11.8 Å². The van der Waals surface area contributed by atoms with Gasteiger partial charge in [0, 0.05) is 31.4 Å². The fourth-order valence-electron chi connectivity index (χ4n) is 6.20. The van der Waals surface area contributed by atoms with Crippen LogP contribution in [0.2, 0.25) is 5.02 Å². The number of rotatable bonds is 9. The van der Waals surface area contributed by atoms with Gasteiger partial charge in [-0.3, -0.25) is 14.4 Å². The molecule has 0 radical (unpaired) electrons. The van der Waals surface area contributed by atoms with Gasteiger partial charge >= 0.3 is 0 Å². The Hall–Kier alpha value is -2.29. The molecule has 3 fully saturated rings. The number of anilines is 1. The summed E-state index contributed by atoms with van der Waals surface area (Å²) >= 11 is 8.06. The van der Waals surface area contributed by atoms with Gasteiger partial charge in [-0.1, -0.05) is 35.9 Å². The lowest BCUT2D eigenvalue weighted by Gasteiger charge is -2.37. The number of halogens is 1. The summed E-state index contributed by atoms with van der Waals surface area (Å²) in [5, 5.41) is 10.2. The van der Waals surface area contributed by atoms with Gasteiger partial charge in [0.05, 0.1) is 33.9 Å². The molecule has 1 N–H and O–H groups in total. The number of nitrogens with zero attached hydrogens (tertiary/aromatic N) is 3. The molecular formula is C26H32ClN3O4S. The molecule has 3 heterocycles. The van der Waals surface area contributed by atoms with Crippen LogP contribution < -0.4 is 4.90 Å². The molecule has 4 rings (SSSR count). The van der Waals surface area contributed by atoms with E-state index in [-0.39, 0.29) is 37.4 Å². The third-order valence-electron chi connectivity index (χ3n) is 7.62. The van der Waals surface area contributed by atoms with E-state index in [0.29, 0.717) is 23.7 Å². The molecule has 1 aromatic rings. The topological polar surface area (TPSA) is 81.2 Å². The Labute approximate surface area is 215 Å². The molecule has 2 unspecified atom stereocenters. The minimum absolute atomic E-state index is 0.0264. The van der Waals surface area contributed by atoms with Crippen LogP contribution in [0.1, 0.15) is 19.8 Å². The number of carbonyl (C=O) groups excluding carboxylic acids is 3. The molecule has 188 valence electrons. The van der Waals surface area contributed by atoms with Crippen LogP contribution in [-0.2, 0) is 14.4 Å². The van der Waals surface area contributed by atoms with Crippen LogP contribution in [0.5, 0.6) is 0 Å². The summed E-state index contributed by atoms with van der Waals surface area (Å²) in [6, 6.07) is 6.26. The summed E-state index contributed by atoms with van der Waals surface area (Å²) in [5.74, 6) is -1.80. The van der Waals surface area contributed by atoms with Gasteiger partial charge in [-0.15, -0.1) is 24.9 Å². The number of fused-ring (bicyclic) bond motifs is 1. The molecular weight excluding hydrogens is 486 g/mol. The van der Waals surface area contributed by atoms with Crippen molar-refractivity contribution in [2.75, 3.05) is 38.2 Å². The highest BCUT2D eigenvalue weighted by atomic mass is 35.5. The first-order valence-corrected chi connectivity index (χ1v) is 13.0. The molecule has 3 aliphatic rings. The van der Waals surface area contributed by atoms with Crippen molar-refractivity contribution in [1.29, 1.82) is 0 Å². The summed E-state index contributed by atoms with van der Waals surface area (Å²) in [4.78, 5) is 46.4. The Morgan fingerprint density at radius 2 is 1.91 bits per heavy atom. The zero-order chi connectivity index (χ0) is 25.5. The highest BCUT2D eigenvalue weighted by molar-refractivity contribution is 8.02. The van der Waals surface area contributed by atoms with Gasteiger partial charge in [-0.05, 0) is 31.9 Å². The summed E-state index contributed by atoms with van der Waals surface area (Å²) in [6.07, 6.45) is 4.65. The van der Waals surface area contributed by atoms with E-state index in [0.717, 1.165) is 6.42 Å². The van der Waals surface area contributed by atoms with E-state index in [2.05, 4.69) is 13.2 Å². The lowest BCUT2D eigenvalue weighted by Crippen LogP contribution is -2.55. The standard InChI is InChI=1S/C26H32ClN3O4S/c1-5-13-28(4)22(32)19-20-23(33)30(15-16-31)21(26(20)12-11-25(19,3)35-26)24(34)29(14-6-2)18-10-8-7-9-17(18)27/h5-10,19-21,31H,1-2,11-16H2,3-4H3/t19-,20+,21?,25+,26?/m1/s1. The average molecular weight is 518 g/mol. The van der Waals surface area contributed by atoms with Gasteiger partial charge in [-0.2, -0.15) is 0 Å². The van der Waals surface area contributed by atoms with Crippen molar-refractivity contribution in [3.63, 3.8) is 0 Å². The maximum atomic E-state index is 14.3. The smallest absolute Gasteiger partial charge is 0.251 e. The first-order valence-electron chi connectivity index (χ1n) is 11.8. The van der Waals surface area contributed by atoms with Gasteiger partial charge < -0.3 is 19.8 Å². The Balaban J connectivity index is 1.80. The van der Waals surface area contributed by atoms with Gasteiger partial charge in [0.2, 0.25) is 11.8 Å². The molecule has 3 aliphatic heterocycles. The van der Waals surface area contributed by atoms with Crippen LogP contribution in [0.3, 0.4) is 0 Å². The molecule has 1 spiro atoms. The van der Waals surface area contributed by atoms with Gasteiger partial charge in [0.15, 0.2) is 0 Å². The van der Waals surface area contributed by atoms with E-state index in [9.17, 15) is 19.5 Å². The second-order valence-electron chi connectivity index (χ2n) is 9.68. The number of amides is 3. The number of hydrogen-bond acceptors (Lipinski definition) is 5. The zero-order valence-electron chi connectivity index (χ0n) is 20.2. The van der Waals surface area contributed by atoms with Crippen molar-refractivity contribution < 1.29 is 19.5 Å². The Bertz CT molecular complexity index is 1070. The third kappa shape index (κ3) is 3.90. The van der Waals surface area contributed by atoms with E-state index in [4.69, 9.17) is 11.6 Å². The molecule has 0 aliphatic carbocycles. The van der Waals surface area contributed by atoms with Crippen LogP contribution >= 0.6 is 23.4 Å². The number of aliphatic hydroxyl groups is 1. The molecule has 0 saturated carbocycles. The maximum absolute atomic E-state index is 14.3. The van der Waals surface area contributed by atoms with Crippen LogP contribution in [0.4, 0.5) is 5.69 Å². The lowest BCUT2D eigenvalue weighted by molar-refractivity contribution is -0.144. The largest absolute Gasteiger partial charge is 0.395 e. The molecule has 5 atom stereocenters. The molecule has 1 aromatic carbocycles. The number of β-amino-alcohol motifs (C(OH)–C–C–N with tert-alkyl or cyclic N) is 1. The van der Waals surface area contributed by atoms with Crippen molar-refractivity contribution in [3.05, 3.63) is 54.6 Å². The number of thioether (sulfide) groups is 1. The molecule has 2 bridgehead atoms. The van der Waals surface area contributed by atoms with E-state index in [1.807, 2.05) is 6.92 Å². The number of likely N-dealkylation sites (N-methyl/N-ethyl adjacent to an activating group) is 1. The minimum atomic E-state index is -0.822. The average Bonchev–Trinajstić information content (AvgIpc) is 3.39. The predicted octanol–water partition coefficient (Wildman–Crippen LogP) is 2.98. The van der Waals surface area contributed by atoms with E-state index < -0.39 is 27.4 Å². The Morgan fingerprint density at radius 3 is 2.54 bits per heavy atom. The van der Waals surface area contributed by atoms with Crippen molar-refractivity contribution in [3.8, 4) is 0 Å². The van der Waals surface area contributed by atoms with Crippen molar-refractivity contribution in [2.45, 2.75) is 35.3 Å². The number of likely N-dealkylation sites (tertiary alicyclic amines) is 1. The molecule has 7 nitrogen and oxygen atoms in total. The van der Waals surface area contributed by atoms with Gasteiger partial charge in [-0.25, -0.2) is 0 Å². The Morgan fingerprint density at radius 1 is 1.23 bits per heavy atom. The quantitative estimate of drug-likeness (QED) is 0.509. The number of carbonyl (C=O) groups is 3. The van der Waals surface area contributed by atoms with Gasteiger partial charge in [0.25, 0.3) is 5.91 Å². The highest BCUT2D eigenvalue weighted by Crippen LogP contribution is 2.71. The fraction of sp³-hybridized carbons (Fsp3) is 0.500. The van der Waals surface area contributed by atoms with Gasteiger partial charge in [0.1, 0.15) is 6.04 Å². The summed E-state index contributed by atoms with van der Waals surface area (Å²) in [6.45, 7) is 9.92. The zero-order valence-corrected chi connectivity index (χ0v) is 21.7. The second-order valence-corrected chi connectivity index (χ2v) is 12.0. The number of para-hydroxylation sites is 1. The third-order valence-corrected chi connectivity index (χ3v) is 9.92. The maximum Gasteiger partial charge on any atom is 0.251 e. The van der Waals surface area contributed by atoms with Crippen molar-refractivity contribution >= 4 is 46.8 Å². The highest BCUT2D eigenvalue weighted by Gasteiger charge is 2.77. The van der Waals surface area contributed by atoms with Crippen LogP contribution in [0.15, 0.2) is 49.6 Å². The first-order chi connectivity index (χ1) is 16.7. The first kappa shape index (κ1) is 25.8. The number of hydrogen-bond donors (Lipinski definition) is 1. The SMILES string of the molecule is C=CCN(C)C(=O)[C@H]1[C@H]2C(=O)N(CCO)C(C(=O)N(CC=C)c3ccccc3Cl)C23CC[C@]1(C)S3. The summed E-state index contributed by atoms with van der Waals surface area (Å²) in [5.41, 5.74) is 0.539. The minimum Gasteiger partial charge on any atom is -0.395 e. The lowest BCUT2D eigenvalue weighted by atomic mass is 9.66. The predicted molar refractivity (Wildman–Crippen MR) is 139 cm³/mol. The summed E-state index contributed by atoms with van der Waals surface area (Å²) in [7, 11) is 1.72. The van der Waals surface area contributed by atoms with Crippen molar-refractivity contribution in [2.24, 2.45) is 11.8 Å². The number of aliphatic hydroxyl groups excluding tert-OH is 1. The normalized spacial score (nSPS) is 30.8. The van der Waals surface area contributed by atoms with Crippen molar-refractivity contribution in [1.82, 2.24) is 9.80 Å². The van der Waals surface area contributed by atoms with E-state index >= 15 is 0 Å². The molecule has 35 heavy (non-hydrogen) atoms. The number of benzene rings is 1. The fourth-order valence-corrected chi connectivity index (χ4v) is 8.79. The van der Waals surface area contributed by atoms with Crippen LogP contribution in [-0.4, -0.2) is 81.5 Å².